The number of hydrogen-bond acceptors (Lipinski definition) is 14. The van der Waals surface area contributed by atoms with Gasteiger partial charge in [0.25, 0.3) is 0 Å². The number of carboxylic acids is 1. The number of benzene rings is 1. The van der Waals surface area contributed by atoms with Crippen molar-refractivity contribution in [2.24, 2.45) is 28.3 Å². The molecule has 2 aliphatic heterocycles. The molecule has 1 saturated carbocycles. The molecule has 3 fully saturated rings. The number of phenolic OH excluding ortho intramolecular Hbond substituents is 1. The van der Waals surface area contributed by atoms with Gasteiger partial charge in [0.1, 0.15) is 48.4 Å². The Labute approximate surface area is 355 Å². The van der Waals surface area contributed by atoms with E-state index in [0.717, 1.165) is 12.8 Å². The predicted molar refractivity (Wildman–Crippen MR) is 217 cm³/mol. The molecule has 2 saturated heterocycles. The topological polar surface area (TPSA) is 326 Å². The van der Waals surface area contributed by atoms with Crippen molar-refractivity contribution in [3.05, 3.63) is 29.8 Å². The number of aliphatic carboxylic acids is 1. The van der Waals surface area contributed by atoms with Crippen molar-refractivity contribution in [1.82, 2.24) is 15.5 Å². The van der Waals surface area contributed by atoms with E-state index < -0.39 is 103 Å². The minimum atomic E-state index is -1.99. The van der Waals surface area contributed by atoms with Crippen LogP contribution in [0, 0.1) is 11.8 Å². The zero-order valence-corrected chi connectivity index (χ0v) is 35.0. The first kappa shape index (κ1) is 49.1. The molecular weight excluding hydrogens is 800 g/mol. The van der Waals surface area contributed by atoms with Gasteiger partial charge in [-0.2, -0.15) is 0 Å². The summed E-state index contributed by atoms with van der Waals surface area (Å²) < 4.78 is 17.5. The minimum absolute atomic E-state index is 0.00818. The van der Waals surface area contributed by atoms with Gasteiger partial charge in [0.2, 0.25) is 17.7 Å². The number of aliphatic imine (C=N–C) groups is 1. The summed E-state index contributed by atoms with van der Waals surface area (Å²) in [4.78, 5) is 72.9. The Bertz CT molecular complexity index is 1660. The third-order valence-electron chi connectivity index (χ3n) is 11.3. The molecule has 1 aromatic rings. The molecule has 12 N–H and O–H groups in total. The Morgan fingerprint density at radius 2 is 1.66 bits per heavy atom. The lowest BCUT2D eigenvalue weighted by Crippen LogP contribution is -2.62. The van der Waals surface area contributed by atoms with Crippen molar-refractivity contribution in [1.29, 1.82) is 0 Å². The van der Waals surface area contributed by atoms with Gasteiger partial charge in [0.05, 0.1) is 6.10 Å². The Kier molecular flexibility index (Phi) is 18.5. The van der Waals surface area contributed by atoms with E-state index in [1.54, 1.807) is 12.1 Å². The number of amides is 3. The highest BCUT2D eigenvalue weighted by Gasteiger charge is 2.55. The van der Waals surface area contributed by atoms with Gasteiger partial charge in [-0.1, -0.05) is 45.7 Å². The zero-order chi connectivity index (χ0) is 45.0. The van der Waals surface area contributed by atoms with E-state index in [2.05, 4.69) is 15.6 Å². The Hall–Kier alpha value is -4.60. The van der Waals surface area contributed by atoms with Gasteiger partial charge in [0, 0.05) is 32.0 Å². The van der Waals surface area contributed by atoms with Crippen molar-refractivity contribution >= 4 is 35.6 Å². The number of carbonyl (C=O) groups is 5. The fraction of sp³-hybridized carbons (Fsp3) is 0.707. The lowest BCUT2D eigenvalue weighted by molar-refractivity contribution is -0.314. The molecular formula is C41H64N6O14. The number of fused-ring (bicyclic) bond motifs is 1. The first-order valence-electron chi connectivity index (χ1n) is 21.1. The summed E-state index contributed by atoms with van der Waals surface area (Å²) in [7, 11) is 0. The zero-order valence-electron chi connectivity index (χ0n) is 35.0. The first-order chi connectivity index (χ1) is 28.9. The number of phenols is 1. The molecule has 0 aromatic heterocycles. The average molecular weight is 865 g/mol. The number of unbranched alkanes of at least 4 members (excludes halogenated alkanes) is 3. The van der Waals surface area contributed by atoms with E-state index in [4.69, 9.17) is 25.7 Å². The van der Waals surface area contributed by atoms with Crippen LogP contribution in [0.2, 0.25) is 0 Å². The lowest BCUT2D eigenvalue weighted by Gasteiger charge is -2.45. The lowest BCUT2D eigenvalue weighted by atomic mass is 9.80. The van der Waals surface area contributed by atoms with Gasteiger partial charge in [-0.15, -0.1) is 0 Å². The van der Waals surface area contributed by atoms with Crippen LogP contribution in [-0.4, -0.2) is 151 Å². The maximum absolute atomic E-state index is 14.9. The minimum Gasteiger partial charge on any atom is -0.508 e. The molecule has 2 heterocycles. The van der Waals surface area contributed by atoms with E-state index in [9.17, 15) is 54.6 Å². The van der Waals surface area contributed by atoms with Gasteiger partial charge in [-0.25, -0.2) is 4.79 Å². The fourth-order valence-corrected chi connectivity index (χ4v) is 8.18. The average Bonchev–Trinajstić information content (AvgIpc) is 3.57. The third kappa shape index (κ3) is 13.7. The number of hydrogen-bond donors (Lipinski definition) is 10. The highest BCUT2D eigenvalue weighted by molar-refractivity contribution is 5.93. The van der Waals surface area contributed by atoms with Gasteiger partial charge in [-0.3, -0.25) is 24.2 Å². The number of guanidine groups is 1. The van der Waals surface area contributed by atoms with Crippen molar-refractivity contribution in [3.8, 4) is 5.75 Å². The molecule has 1 aromatic carbocycles. The number of nitrogens with one attached hydrogen (secondary N) is 2. The van der Waals surface area contributed by atoms with Crippen LogP contribution in [0.25, 0.3) is 0 Å². The number of carbonyl (C=O) groups excluding carboxylic acids is 4. The quantitative estimate of drug-likeness (QED) is 0.0311. The van der Waals surface area contributed by atoms with Crippen molar-refractivity contribution in [2.75, 3.05) is 13.1 Å². The standard InChI is InChI=1S/C41H64N6O14/c1-4-5-6-9-31(50)59-29-19-23-18-27(36(54)44-14-7-8-15-45-41(42)43)47(26(23)20-30(29)60-40-34(53)32(51)33(52)35(61-40)39(57)58)38(56)25(16-21(2)3)46-37(55)28(49)17-22-10-12-24(48)13-11-22/h10-13,21,23,25-30,32-35,40,48-49,51-53H,4-9,14-20H2,1-3H3,(H,44,54)(H,46,55)(H,57,58)(H4,42,43,45)/t23-,25+,26-,27-,28-,29+,30+,32-,33+,34+,35+,40+/m0/s1. The van der Waals surface area contributed by atoms with E-state index in [0.29, 0.717) is 31.4 Å². The molecule has 0 spiro atoms. The highest BCUT2D eigenvalue weighted by atomic mass is 16.7. The Morgan fingerprint density at radius 1 is 0.951 bits per heavy atom. The second-order valence-corrected chi connectivity index (χ2v) is 16.6. The molecule has 3 aliphatic rings. The van der Waals surface area contributed by atoms with E-state index in [1.807, 2.05) is 20.8 Å². The second kappa shape index (κ2) is 23.0. The smallest absolute Gasteiger partial charge is 0.335 e. The van der Waals surface area contributed by atoms with Crippen LogP contribution in [0.4, 0.5) is 0 Å². The van der Waals surface area contributed by atoms with Crippen LogP contribution in [-0.2, 0) is 44.6 Å². The molecule has 12 atom stereocenters. The van der Waals surface area contributed by atoms with E-state index in [-0.39, 0.29) is 62.7 Å². The molecule has 61 heavy (non-hydrogen) atoms. The number of rotatable bonds is 21. The molecule has 0 radical (unpaired) electrons. The monoisotopic (exact) mass is 864 g/mol. The number of nitrogens with zero attached hydrogens (tertiary/aromatic N) is 2. The summed E-state index contributed by atoms with van der Waals surface area (Å²) in [6.45, 7) is 6.22. The van der Waals surface area contributed by atoms with Crippen LogP contribution >= 0.6 is 0 Å². The number of aromatic hydroxyl groups is 1. The summed E-state index contributed by atoms with van der Waals surface area (Å²) in [6, 6.07) is 2.87. The summed E-state index contributed by atoms with van der Waals surface area (Å²) in [5.74, 6) is -4.75. The largest absolute Gasteiger partial charge is 0.508 e. The molecule has 1 aliphatic carbocycles. The van der Waals surface area contributed by atoms with Gasteiger partial charge in [-0.05, 0) is 74.5 Å². The third-order valence-corrected chi connectivity index (χ3v) is 11.3. The SMILES string of the molecule is CCCCCC(=O)O[C@@H]1C[C@@H]2C[C@@H](C(=O)NCCCCN=C(N)N)N(C(=O)[C@@H](CC(C)C)NC(=O)[C@@H](O)Cc3ccc(O)cc3)[C@H]2C[C@H]1O[C@@H]1O[C@@H](C(=O)O)[C@H](O)[C@H](O)[C@H]1O. The van der Waals surface area contributed by atoms with Crippen LogP contribution in [0.5, 0.6) is 5.75 Å². The van der Waals surface area contributed by atoms with Crippen molar-refractivity contribution in [3.63, 3.8) is 0 Å². The molecule has 342 valence electrons. The second-order valence-electron chi connectivity index (χ2n) is 16.6. The molecule has 0 unspecified atom stereocenters. The number of likely N-dealkylation sites (tertiary alicyclic amines) is 1. The van der Waals surface area contributed by atoms with Crippen LogP contribution < -0.4 is 22.1 Å². The molecule has 20 nitrogen and oxygen atoms in total. The summed E-state index contributed by atoms with van der Waals surface area (Å²) in [5, 5.41) is 67.6. The summed E-state index contributed by atoms with van der Waals surface area (Å²) >= 11 is 0. The maximum atomic E-state index is 14.9. The molecule has 3 amide bonds. The molecule has 0 bridgehead atoms. The van der Waals surface area contributed by atoms with Crippen LogP contribution in [0.3, 0.4) is 0 Å². The van der Waals surface area contributed by atoms with E-state index in [1.165, 1.54) is 17.0 Å². The number of aliphatic hydroxyl groups excluding tert-OH is 4. The first-order valence-corrected chi connectivity index (χ1v) is 21.1. The number of carboxylic acid groups (broad SMARTS) is 1. The number of nitrogens with two attached hydrogens (primary N) is 2. The van der Waals surface area contributed by atoms with Gasteiger partial charge in [0.15, 0.2) is 18.4 Å². The summed E-state index contributed by atoms with van der Waals surface area (Å²) in [6.07, 6.45) is -10.0. The Morgan fingerprint density at radius 3 is 2.30 bits per heavy atom. The Balaban J connectivity index is 1.66. The predicted octanol–water partition coefficient (Wildman–Crippen LogP) is -0.855. The van der Waals surface area contributed by atoms with Gasteiger partial charge < -0.3 is 71.9 Å². The number of ether oxygens (including phenoxy) is 3. The number of esters is 1. The molecule has 20 heteroatoms. The van der Waals surface area contributed by atoms with E-state index >= 15 is 0 Å². The van der Waals surface area contributed by atoms with Crippen molar-refractivity contribution in [2.45, 2.75) is 159 Å². The van der Waals surface area contributed by atoms with Gasteiger partial charge >= 0.3 is 11.9 Å². The summed E-state index contributed by atoms with van der Waals surface area (Å²) in [5.41, 5.74) is 11.4. The normalized spacial score (nSPS) is 28.3. The fourth-order valence-electron chi connectivity index (χ4n) is 8.18. The van der Waals surface area contributed by atoms with Crippen LogP contribution in [0.1, 0.15) is 90.5 Å². The maximum Gasteiger partial charge on any atom is 0.335 e. The molecule has 4 rings (SSSR count). The number of aliphatic hydroxyl groups is 4. The van der Waals surface area contributed by atoms with Crippen LogP contribution in [0.15, 0.2) is 29.3 Å². The highest BCUT2D eigenvalue weighted by Crippen LogP contribution is 2.43. The van der Waals surface area contributed by atoms with Crippen molar-refractivity contribution < 1.29 is 68.8 Å².